The third kappa shape index (κ3) is 4.01. The Morgan fingerprint density at radius 2 is 1.95 bits per heavy atom. The lowest BCUT2D eigenvalue weighted by Crippen LogP contribution is -2.44. The van der Waals surface area contributed by atoms with Crippen molar-refractivity contribution >= 4 is 41.5 Å². The lowest BCUT2D eigenvalue weighted by Gasteiger charge is -2.38. The number of nitrogens with one attached hydrogen (secondary N) is 1. The summed E-state index contributed by atoms with van der Waals surface area (Å²) in [6, 6.07) is 8.17. The highest BCUT2D eigenvalue weighted by molar-refractivity contribution is 14.0. The Hall–Kier alpha value is -0.490. The fourth-order valence-electron chi connectivity index (χ4n) is 3.00. The number of guanidine groups is 1. The Morgan fingerprint density at radius 3 is 2.55 bits per heavy atom. The minimum atomic E-state index is 0. The third-order valence-corrected chi connectivity index (χ3v) is 4.43. The molecule has 3 nitrogen and oxygen atoms in total. The summed E-state index contributed by atoms with van der Waals surface area (Å²) in [4.78, 5) is 3.97. The molecule has 20 heavy (non-hydrogen) atoms. The van der Waals surface area contributed by atoms with Gasteiger partial charge in [0.15, 0.2) is 5.96 Å². The van der Waals surface area contributed by atoms with Crippen LogP contribution in [0.4, 0.5) is 0 Å². The lowest BCUT2D eigenvalue weighted by atomic mass is 9.69. The predicted octanol–water partition coefficient (Wildman–Crippen LogP) is 3.69. The largest absolute Gasteiger partial charge is 0.370 e. The Morgan fingerprint density at radius 1 is 1.30 bits per heavy atom. The van der Waals surface area contributed by atoms with Crippen LogP contribution < -0.4 is 11.1 Å². The molecular formula is C15H23ClIN3. The van der Waals surface area contributed by atoms with Crippen molar-refractivity contribution in [3.05, 3.63) is 34.9 Å². The minimum absolute atomic E-state index is 0. The van der Waals surface area contributed by atoms with Gasteiger partial charge in [-0.15, -0.1) is 24.0 Å². The van der Waals surface area contributed by atoms with Crippen LogP contribution in [0.1, 0.15) is 37.7 Å². The maximum atomic E-state index is 6.41. The number of benzene rings is 1. The van der Waals surface area contributed by atoms with Gasteiger partial charge in [0.1, 0.15) is 0 Å². The molecule has 0 aromatic heterocycles. The number of nitrogens with zero attached hydrogens (tertiary/aromatic N) is 1. The second-order valence-electron chi connectivity index (χ2n) is 5.28. The smallest absolute Gasteiger partial charge is 0.188 e. The van der Waals surface area contributed by atoms with Gasteiger partial charge in [0, 0.05) is 24.0 Å². The normalized spacial score (nSPS) is 18.2. The summed E-state index contributed by atoms with van der Waals surface area (Å²) in [5.41, 5.74) is 7.10. The molecule has 1 aromatic carbocycles. The number of halogens is 2. The molecule has 0 bridgehead atoms. The van der Waals surface area contributed by atoms with Gasteiger partial charge in [-0.1, -0.05) is 49.1 Å². The summed E-state index contributed by atoms with van der Waals surface area (Å²) < 4.78 is 0. The molecule has 0 atom stereocenters. The van der Waals surface area contributed by atoms with E-state index in [1.54, 1.807) is 7.05 Å². The van der Waals surface area contributed by atoms with Gasteiger partial charge >= 0.3 is 0 Å². The summed E-state index contributed by atoms with van der Waals surface area (Å²) in [5.74, 6) is 0.497. The Balaban J connectivity index is 0.00000200. The molecule has 112 valence electrons. The van der Waals surface area contributed by atoms with E-state index < -0.39 is 0 Å². The van der Waals surface area contributed by atoms with Gasteiger partial charge in [-0.3, -0.25) is 4.99 Å². The van der Waals surface area contributed by atoms with Crippen molar-refractivity contribution in [1.29, 1.82) is 0 Å². The Bertz CT molecular complexity index is 456. The molecule has 0 unspecified atom stereocenters. The van der Waals surface area contributed by atoms with E-state index in [-0.39, 0.29) is 29.4 Å². The van der Waals surface area contributed by atoms with Crippen LogP contribution in [0.3, 0.4) is 0 Å². The van der Waals surface area contributed by atoms with Crippen molar-refractivity contribution in [2.24, 2.45) is 10.7 Å². The zero-order chi connectivity index (χ0) is 13.7. The predicted molar refractivity (Wildman–Crippen MR) is 97.2 cm³/mol. The number of rotatable bonds is 3. The number of hydrogen-bond acceptors (Lipinski definition) is 1. The van der Waals surface area contributed by atoms with E-state index in [0.29, 0.717) is 5.96 Å². The summed E-state index contributed by atoms with van der Waals surface area (Å²) in [6.45, 7) is 0.805. The van der Waals surface area contributed by atoms with Crippen LogP contribution in [0.25, 0.3) is 0 Å². The first kappa shape index (κ1) is 17.6. The van der Waals surface area contributed by atoms with E-state index in [0.717, 1.165) is 24.4 Å². The van der Waals surface area contributed by atoms with Crippen molar-refractivity contribution in [2.75, 3.05) is 13.6 Å². The van der Waals surface area contributed by atoms with Crippen LogP contribution in [0.2, 0.25) is 5.02 Å². The van der Waals surface area contributed by atoms with Crippen LogP contribution in [-0.2, 0) is 5.41 Å². The minimum Gasteiger partial charge on any atom is -0.370 e. The Labute approximate surface area is 143 Å². The molecule has 0 radical (unpaired) electrons. The van der Waals surface area contributed by atoms with Crippen LogP contribution in [0.5, 0.6) is 0 Å². The van der Waals surface area contributed by atoms with Crippen LogP contribution in [0.15, 0.2) is 29.3 Å². The first-order valence-electron chi connectivity index (χ1n) is 6.89. The maximum absolute atomic E-state index is 6.41. The summed E-state index contributed by atoms with van der Waals surface area (Å²) in [7, 11) is 1.70. The van der Waals surface area contributed by atoms with Crippen molar-refractivity contribution in [1.82, 2.24) is 5.32 Å². The van der Waals surface area contributed by atoms with E-state index >= 15 is 0 Å². The monoisotopic (exact) mass is 407 g/mol. The molecule has 1 saturated carbocycles. The van der Waals surface area contributed by atoms with Gasteiger partial charge in [0.05, 0.1) is 0 Å². The molecular weight excluding hydrogens is 385 g/mol. The van der Waals surface area contributed by atoms with Crippen molar-refractivity contribution in [3.63, 3.8) is 0 Å². The van der Waals surface area contributed by atoms with Gasteiger partial charge in [0.25, 0.3) is 0 Å². The van der Waals surface area contributed by atoms with Gasteiger partial charge < -0.3 is 11.1 Å². The first-order valence-corrected chi connectivity index (χ1v) is 7.27. The molecule has 0 amide bonds. The van der Waals surface area contributed by atoms with Gasteiger partial charge in [0.2, 0.25) is 0 Å². The summed E-state index contributed by atoms with van der Waals surface area (Å²) in [5, 5.41) is 4.10. The SMILES string of the molecule is CN=C(N)NCC1(c2ccccc2Cl)CCCCC1.I. The summed E-state index contributed by atoms with van der Waals surface area (Å²) >= 11 is 6.41. The Kier molecular flexibility index (Phi) is 7.09. The van der Waals surface area contributed by atoms with E-state index in [1.807, 2.05) is 12.1 Å². The topological polar surface area (TPSA) is 50.4 Å². The highest BCUT2D eigenvalue weighted by Gasteiger charge is 2.35. The average Bonchev–Trinajstić information content (AvgIpc) is 2.46. The van der Waals surface area contributed by atoms with E-state index in [2.05, 4.69) is 22.4 Å². The molecule has 0 aliphatic heterocycles. The van der Waals surface area contributed by atoms with Gasteiger partial charge in [-0.2, -0.15) is 0 Å². The van der Waals surface area contributed by atoms with Crippen molar-refractivity contribution in [3.8, 4) is 0 Å². The quantitative estimate of drug-likeness (QED) is 0.456. The molecule has 1 aromatic rings. The molecule has 2 rings (SSSR count). The highest BCUT2D eigenvalue weighted by Crippen LogP contribution is 2.41. The molecule has 3 N–H and O–H groups in total. The number of nitrogens with two attached hydrogens (primary N) is 1. The zero-order valence-corrected chi connectivity index (χ0v) is 14.9. The van der Waals surface area contributed by atoms with Crippen LogP contribution >= 0.6 is 35.6 Å². The van der Waals surface area contributed by atoms with Crippen molar-refractivity contribution < 1.29 is 0 Å². The van der Waals surface area contributed by atoms with Crippen LogP contribution in [0, 0.1) is 0 Å². The fourth-order valence-corrected chi connectivity index (χ4v) is 3.34. The standard InChI is InChI=1S/C15H22ClN3.HI/c1-18-14(17)19-11-15(9-5-2-6-10-15)12-7-3-4-8-13(12)16;/h3-4,7-8H,2,5-6,9-11H2,1H3,(H3,17,18,19);1H. The second-order valence-corrected chi connectivity index (χ2v) is 5.69. The van der Waals surface area contributed by atoms with Crippen molar-refractivity contribution in [2.45, 2.75) is 37.5 Å². The number of hydrogen-bond donors (Lipinski definition) is 2. The van der Waals surface area contributed by atoms with E-state index in [1.165, 1.54) is 24.8 Å². The number of aliphatic imine (C=N–C) groups is 1. The molecule has 1 fully saturated rings. The molecule has 1 aliphatic rings. The van der Waals surface area contributed by atoms with E-state index in [4.69, 9.17) is 17.3 Å². The van der Waals surface area contributed by atoms with Gasteiger partial charge in [-0.05, 0) is 24.5 Å². The average molecular weight is 408 g/mol. The molecule has 5 heteroatoms. The second kappa shape index (κ2) is 8.08. The molecule has 1 aliphatic carbocycles. The van der Waals surface area contributed by atoms with Gasteiger partial charge in [-0.25, -0.2) is 0 Å². The fraction of sp³-hybridized carbons (Fsp3) is 0.533. The maximum Gasteiger partial charge on any atom is 0.188 e. The summed E-state index contributed by atoms with van der Waals surface area (Å²) in [6.07, 6.45) is 6.11. The first-order chi connectivity index (χ1) is 9.18. The zero-order valence-electron chi connectivity index (χ0n) is 11.9. The van der Waals surface area contributed by atoms with E-state index in [9.17, 15) is 0 Å². The van der Waals surface area contributed by atoms with Crippen LogP contribution in [-0.4, -0.2) is 19.6 Å². The third-order valence-electron chi connectivity index (χ3n) is 4.10. The molecule has 0 heterocycles. The molecule has 0 saturated heterocycles. The lowest BCUT2D eigenvalue weighted by molar-refractivity contribution is 0.292. The highest BCUT2D eigenvalue weighted by atomic mass is 127. The molecule has 0 spiro atoms.